The molecule has 0 aliphatic carbocycles. The molecule has 0 N–H and O–H groups in total. The maximum absolute atomic E-state index is 13.2. The molecule has 0 spiro atoms. The molecule has 1 heterocycles. The van der Waals surface area contributed by atoms with E-state index in [9.17, 15) is 17.6 Å². The molecule has 0 radical (unpaired) electrons. The lowest BCUT2D eigenvalue weighted by molar-refractivity contribution is 0.0601. The van der Waals surface area contributed by atoms with E-state index in [4.69, 9.17) is 4.74 Å². The van der Waals surface area contributed by atoms with Crippen LogP contribution in [0.1, 0.15) is 15.9 Å². The molecule has 3 rings (SSSR count). The van der Waals surface area contributed by atoms with Gasteiger partial charge in [0.05, 0.1) is 24.1 Å². The fraction of sp³-hybridized carbons (Fsp3) is 0.105. The number of hydrogen-bond acceptors (Lipinski definition) is 4. The van der Waals surface area contributed by atoms with E-state index in [1.165, 1.54) is 19.2 Å². The van der Waals surface area contributed by atoms with Crippen LogP contribution in [0, 0.1) is 5.82 Å². The maximum atomic E-state index is 13.2. The Labute approximate surface area is 151 Å². The van der Waals surface area contributed by atoms with Gasteiger partial charge in [0.25, 0.3) is 0 Å². The summed E-state index contributed by atoms with van der Waals surface area (Å²) >= 11 is 0. The van der Waals surface area contributed by atoms with E-state index < -0.39 is 16.7 Å². The number of nitrogens with zero attached hydrogens (tertiary/aromatic N) is 1. The summed E-state index contributed by atoms with van der Waals surface area (Å²) in [6, 6.07) is 14.6. The number of carbonyl (C=O) groups is 1. The fourth-order valence-electron chi connectivity index (χ4n) is 2.66. The Bertz CT molecular complexity index is 997. The lowest BCUT2D eigenvalue weighted by Gasteiger charge is -2.10. The molecule has 26 heavy (non-hydrogen) atoms. The number of benzene rings is 2. The van der Waals surface area contributed by atoms with Gasteiger partial charge >= 0.3 is 5.97 Å². The molecule has 0 saturated heterocycles. The van der Waals surface area contributed by atoms with Gasteiger partial charge in [-0.3, -0.25) is 0 Å². The lowest BCUT2D eigenvalue weighted by atomic mass is 10.1. The molecule has 0 aliphatic heterocycles. The molecule has 0 bridgehead atoms. The summed E-state index contributed by atoms with van der Waals surface area (Å²) in [6.07, 6.45) is 1.62. The minimum Gasteiger partial charge on any atom is -0.465 e. The fourth-order valence-corrected chi connectivity index (χ4v) is 3.17. The van der Waals surface area contributed by atoms with Crippen LogP contribution >= 0.6 is 0 Å². The molecule has 0 atom stereocenters. The van der Waals surface area contributed by atoms with Gasteiger partial charge in [0.1, 0.15) is 16.5 Å². The van der Waals surface area contributed by atoms with E-state index in [2.05, 4.69) is 0 Å². The largest absolute Gasteiger partial charge is 0.465 e. The zero-order valence-corrected chi connectivity index (χ0v) is 14.8. The molecule has 3 aromatic rings. The second-order valence-electron chi connectivity index (χ2n) is 5.64. The first-order chi connectivity index (χ1) is 12.5. The highest BCUT2D eigenvalue weighted by atomic mass is 32.2. The molecule has 134 valence electrons. The number of aromatic nitrogens is 1. The monoisotopic (exact) mass is 373 g/mol. The number of thiol groups is 1. The van der Waals surface area contributed by atoms with Crippen LogP contribution in [0.25, 0.3) is 16.9 Å². The summed E-state index contributed by atoms with van der Waals surface area (Å²) in [5, 5.41) is 0. The summed E-state index contributed by atoms with van der Waals surface area (Å²) in [7, 11) is -1.19. The van der Waals surface area contributed by atoms with Crippen LogP contribution in [-0.2, 0) is 21.2 Å². The van der Waals surface area contributed by atoms with E-state index in [0.29, 0.717) is 22.5 Å². The predicted octanol–water partition coefficient (Wildman–Crippen LogP) is 3.18. The van der Waals surface area contributed by atoms with Crippen LogP contribution in [0.15, 0.2) is 60.8 Å². The first kappa shape index (κ1) is 17.9. The van der Waals surface area contributed by atoms with Crippen LogP contribution < -0.4 is 0 Å². The number of halogens is 1. The number of carbonyl (C=O) groups excluding carboxylic acids is 1. The molecule has 0 fully saturated rings. The van der Waals surface area contributed by atoms with Crippen molar-refractivity contribution in [2.24, 2.45) is 0 Å². The highest BCUT2D eigenvalue weighted by Crippen LogP contribution is 2.27. The van der Waals surface area contributed by atoms with Crippen LogP contribution in [0.2, 0.25) is 0 Å². The van der Waals surface area contributed by atoms with Crippen LogP contribution in [-0.4, -0.2) is 26.1 Å². The Morgan fingerprint density at radius 2 is 1.73 bits per heavy atom. The Kier molecular flexibility index (Phi) is 5.18. The molecule has 7 heteroatoms. The normalized spacial score (nSPS) is 10.9. The van der Waals surface area contributed by atoms with Gasteiger partial charge in [0.2, 0.25) is 0 Å². The van der Waals surface area contributed by atoms with Crippen molar-refractivity contribution in [3.63, 3.8) is 0 Å². The van der Waals surface area contributed by atoms with Gasteiger partial charge in [-0.15, -0.1) is 0 Å². The summed E-state index contributed by atoms with van der Waals surface area (Å²) in [5.41, 5.74) is 3.21. The lowest BCUT2D eigenvalue weighted by Crippen LogP contribution is -1.99. The van der Waals surface area contributed by atoms with E-state index in [1.54, 1.807) is 53.2 Å². The van der Waals surface area contributed by atoms with Crippen molar-refractivity contribution in [1.29, 1.82) is 0 Å². The van der Waals surface area contributed by atoms with Crippen LogP contribution in [0.3, 0.4) is 0 Å². The quantitative estimate of drug-likeness (QED) is 0.551. The summed E-state index contributed by atoms with van der Waals surface area (Å²) in [6.45, 7) is 0. The predicted molar refractivity (Wildman–Crippen MR) is 96.5 cm³/mol. The smallest absolute Gasteiger partial charge is 0.339 e. The molecule has 0 unspecified atom stereocenters. The molecule has 2 aromatic carbocycles. The van der Waals surface area contributed by atoms with Gasteiger partial charge in [-0.25, -0.2) is 17.6 Å². The third-order valence-corrected chi connectivity index (χ3v) is 4.53. The molecular formula is C19H16FNO4S. The van der Waals surface area contributed by atoms with Crippen molar-refractivity contribution >= 4 is 16.7 Å². The van der Waals surface area contributed by atoms with Crippen LogP contribution in [0.4, 0.5) is 4.39 Å². The third-order valence-electron chi connectivity index (χ3n) is 3.91. The second-order valence-corrected chi connectivity index (χ2v) is 6.62. The Balaban J connectivity index is 2.08. The summed E-state index contributed by atoms with van der Waals surface area (Å²) < 4.78 is 41.5. The zero-order valence-electron chi connectivity index (χ0n) is 13.9. The second kappa shape index (κ2) is 7.53. The standard InChI is InChI=1S/C19H16FNO4S/c1-25-19(22)15-10-18(14-4-2-13(3-5-14)12-26(23)24)21(11-15)17-8-6-16(20)7-9-17/h2-11,26H,12H2,1H3. The van der Waals surface area contributed by atoms with Gasteiger partial charge in [-0.2, -0.15) is 0 Å². The number of rotatable bonds is 5. The average molecular weight is 373 g/mol. The highest BCUT2D eigenvalue weighted by molar-refractivity contribution is 7.71. The van der Waals surface area contributed by atoms with Gasteiger partial charge in [0.15, 0.2) is 0 Å². The minimum atomic E-state index is -2.49. The summed E-state index contributed by atoms with van der Waals surface area (Å²) in [4.78, 5) is 11.9. The first-order valence-corrected chi connectivity index (χ1v) is 9.12. The van der Waals surface area contributed by atoms with Crippen molar-refractivity contribution in [1.82, 2.24) is 4.57 Å². The van der Waals surface area contributed by atoms with E-state index in [-0.39, 0.29) is 11.6 Å². The van der Waals surface area contributed by atoms with E-state index >= 15 is 0 Å². The number of ether oxygens (including phenoxy) is 1. The maximum Gasteiger partial charge on any atom is 0.339 e. The Morgan fingerprint density at radius 3 is 2.31 bits per heavy atom. The summed E-state index contributed by atoms with van der Waals surface area (Å²) in [5.74, 6) is -0.860. The third kappa shape index (κ3) is 3.83. The molecule has 0 saturated carbocycles. The number of esters is 1. The molecule has 0 amide bonds. The van der Waals surface area contributed by atoms with E-state index in [0.717, 1.165) is 5.56 Å². The van der Waals surface area contributed by atoms with E-state index in [1.807, 2.05) is 0 Å². The topological polar surface area (TPSA) is 65.4 Å². The molecule has 0 aliphatic rings. The van der Waals surface area contributed by atoms with Crippen molar-refractivity contribution in [3.05, 3.63) is 77.7 Å². The Hall–Kier alpha value is -2.93. The SMILES string of the molecule is COC(=O)c1cc(-c2ccc(C[SH](=O)=O)cc2)n(-c2ccc(F)cc2)c1. The molecule has 1 aromatic heterocycles. The molecular weight excluding hydrogens is 357 g/mol. The van der Waals surface area contributed by atoms with Crippen molar-refractivity contribution in [2.75, 3.05) is 7.11 Å². The minimum absolute atomic E-state index is 0.0258. The van der Waals surface area contributed by atoms with Gasteiger partial charge in [0, 0.05) is 11.9 Å². The van der Waals surface area contributed by atoms with Gasteiger partial charge < -0.3 is 9.30 Å². The zero-order chi connectivity index (χ0) is 18.7. The van der Waals surface area contributed by atoms with Crippen molar-refractivity contribution < 1.29 is 22.3 Å². The van der Waals surface area contributed by atoms with Crippen LogP contribution in [0.5, 0.6) is 0 Å². The average Bonchev–Trinajstić information content (AvgIpc) is 3.07. The Morgan fingerprint density at radius 1 is 1.08 bits per heavy atom. The van der Waals surface area contributed by atoms with Gasteiger partial charge in [-0.05, 0) is 41.5 Å². The highest BCUT2D eigenvalue weighted by Gasteiger charge is 2.15. The first-order valence-electron chi connectivity index (χ1n) is 7.75. The molecule has 5 nitrogen and oxygen atoms in total. The number of hydrogen-bond donors (Lipinski definition) is 1. The van der Waals surface area contributed by atoms with Gasteiger partial charge in [-0.1, -0.05) is 24.3 Å². The van der Waals surface area contributed by atoms with Crippen molar-refractivity contribution in [3.8, 4) is 16.9 Å². The van der Waals surface area contributed by atoms with Crippen molar-refractivity contribution in [2.45, 2.75) is 5.75 Å². The number of methoxy groups -OCH3 is 1.